The molecule has 0 aliphatic rings. The highest BCUT2D eigenvalue weighted by Gasteiger charge is 2.17. The summed E-state index contributed by atoms with van der Waals surface area (Å²) in [5.41, 5.74) is 7.71. The third kappa shape index (κ3) is 2.39. The molecule has 0 saturated heterocycles. The van der Waals surface area contributed by atoms with Crippen LogP contribution in [0.1, 0.15) is 11.3 Å². The second kappa shape index (κ2) is 5.07. The number of nitrogens with two attached hydrogens (primary N) is 1. The van der Waals surface area contributed by atoms with Gasteiger partial charge in [-0.15, -0.1) is 0 Å². The van der Waals surface area contributed by atoms with Crippen molar-refractivity contribution < 1.29 is 4.21 Å². The van der Waals surface area contributed by atoms with Crippen LogP contribution in [-0.4, -0.2) is 19.0 Å². The maximum absolute atomic E-state index is 12.2. The fourth-order valence-corrected chi connectivity index (χ4v) is 3.21. The molecule has 96 valence electrons. The van der Waals surface area contributed by atoms with E-state index in [-0.39, 0.29) is 5.75 Å². The van der Waals surface area contributed by atoms with Crippen molar-refractivity contribution in [3.05, 3.63) is 34.7 Å². The van der Waals surface area contributed by atoms with Gasteiger partial charge in [-0.25, -0.2) is 4.98 Å². The second-order valence-corrected chi connectivity index (χ2v) is 5.59. The average Bonchev–Trinajstić information content (AvgIpc) is 2.56. The first-order chi connectivity index (χ1) is 8.50. The molecule has 2 aromatic rings. The molecule has 1 atom stereocenters. The molecule has 0 aliphatic heterocycles. The zero-order chi connectivity index (χ0) is 13.3. The van der Waals surface area contributed by atoms with Gasteiger partial charge in [-0.3, -0.25) is 8.89 Å². The molecule has 2 aromatic heterocycles. The van der Waals surface area contributed by atoms with Crippen LogP contribution >= 0.6 is 11.6 Å². The standard InChI is InChI=1S/C11H13ClN4OS/c1-7-8(10(12)16(2)15-7)6-18(17)11-9(13)4-3-5-14-11/h3-5H,6,13H2,1-2H3. The largest absolute Gasteiger partial charge is 0.396 e. The van der Waals surface area contributed by atoms with Crippen molar-refractivity contribution in [1.82, 2.24) is 14.8 Å². The number of aryl methyl sites for hydroxylation is 2. The molecule has 0 aliphatic carbocycles. The van der Waals surface area contributed by atoms with Gasteiger partial charge in [-0.05, 0) is 19.1 Å². The molecule has 0 fully saturated rings. The Hall–Kier alpha value is -1.40. The van der Waals surface area contributed by atoms with Crippen LogP contribution in [0.3, 0.4) is 0 Å². The molecule has 18 heavy (non-hydrogen) atoms. The van der Waals surface area contributed by atoms with E-state index in [1.165, 1.54) is 0 Å². The summed E-state index contributed by atoms with van der Waals surface area (Å²) in [6, 6.07) is 3.39. The quantitative estimate of drug-likeness (QED) is 0.930. The van der Waals surface area contributed by atoms with E-state index in [1.807, 2.05) is 6.92 Å². The smallest absolute Gasteiger partial charge is 0.150 e. The number of halogens is 1. The van der Waals surface area contributed by atoms with Crippen molar-refractivity contribution in [3.63, 3.8) is 0 Å². The highest BCUT2D eigenvalue weighted by molar-refractivity contribution is 7.84. The lowest BCUT2D eigenvalue weighted by atomic mass is 10.3. The van der Waals surface area contributed by atoms with Crippen molar-refractivity contribution in [2.75, 3.05) is 5.73 Å². The second-order valence-electron chi connectivity index (χ2n) is 3.87. The molecule has 5 nitrogen and oxygen atoms in total. The number of rotatable bonds is 3. The predicted octanol–water partition coefficient (Wildman–Crippen LogP) is 1.67. The molecule has 2 N–H and O–H groups in total. The van der Waals surface area contributed by atoms with Crippen LogP contribution in [0.5, 0.6) is 0 Å². The van der Waals surface area contributed by atoms with E-state index in [1.54, 1.807) is 30.1 Å². The SMILES string of the molecule is Cc1nn(C)c(Cl)c1CS(=O)c1ncccc1N. The van der Waals surface area contributed by atoms with Gasteiger partial charge in [0.05, 0.1) is 27.9 Å². The van der Waals surface area contributed by atoms with E-state index in [0.29, 0.717) is 15.9 Å². The first-order valence-electron chi connectivity index (χ1n) is 5.27. The van der Waals surface area contributed by atoms with E-state index in [0.717, 1.165) is 11.3 Å². The Bertz CT molecular complexity index is 611. The number of hydrogen-bond donors (Lipinski definition) is 1. The molecular formula is C11H13ClN4OS. The number of anilines is 1. The number of hydrogen-bond acceptors (Lipinski definition) is 4. The molecule has 0 spiro atoms. The van der Waals surface area contributed by atoms with Crippen LogP contribution in [0.4, 0.5) is 5.69 Å². The van der Waals surface area contributed by atoms with Gasteiger partial charge in [0.15, 0.2) is 0 Å². The Morgan fingerprint density at radius 1 is 1.56 bits per heavy atom. The van der Waals surface area contributed by atoms with Gasteiger partial charge in [-0.1, -0.05) is 11.6 Å². The molecule has 0 radical (unpaired) electrons. The minimum atomic E-state index is -1.33. The van der Waals surface area contributed by atoms with E-state index in [9.17, 15) is 4.21 Å². The number of pyridine rings is 1. The van der Waals surface area contributed by atoms with Gasteiger partial charge in [0.25, 0.3) is 0 Å². The van der Waals surface area contributed by atoms with E-state index >= 15 is 0 Å². The summed E-state index contributed by atoms with van der Waals surface area (Å²) >= 11 is 6.10. The molecule has 2 heterocycles. The van der Waals surface area contributed by atoms with Gasteiger partial charge in [0.1, 0.15) is 10.2 Å². The lowest BCUT2D eigenvalue weighted by Crippen LogP contribution is -2.04. The Balaban J connectivity index is 2.30. The lowest BCUT2D eigenvalue weighted by molar-refractivity contribution is 0.680. The van der Waals surface area contributed by atoms with Gasteiger partial charge < -0.3 is 5.73 Å². The highest BCUT2D eigenvalue weighted by Crippen LogP contribution is 2.23. The van der Waals surface area contributed by atoms with Gasteiger partial charge in [0.2, 0.25) is 0 Å². The molecule has 1 unspecified atom stereocenters. The van der Waals surface area contributed by atoms with Crippen molar-refractivity contribution in [2.24, 2.45) is 7.05 Å². The third-order valence-electron chi connectivity index (χ3n) is 2.56. The van der Waals surface area contributed by atoms with Crippen LogP contribution in [0.2, 0.25) is 5.15 Å². The Kier molecular flexibility index (Phi) is 3.68. The third-order valence-corrected chi connectivity index (χ3v) is 4.36. The summed E-state index contributed by atoms with van der Waals surface area (Å²) in [5.74, 6) is 0.264. The summed E-state index contributed by atoms with van der Waals surface area (Å²) in [7, 11) is 0.420. The minimum Gasteiger partial charge on any atom is -0.396 e. The van der Waals surface area contributed by atoms with Gasteiger partial charge in [-0.2, -0.15) is 5.10 Å². The minimum absolute atomic E-state index is 0.264. The van der Waals surface area contributed by atoms with Crippen LogP contribution in [-0.2, 0) is 23.6 Å². The van der Waals surface area contributed by atoms with Gasteiger partial charge >= 0.3 is 0 Å². The Morgan fingerprint density at radius 3 is 2.83 bits per heavy atom. The maximum atomic E-state index is 12.2. The number of nitrogen functional groups attached to an aromatic ring is 1. The molecule has 7 heteroatoms. The van der Waals surface area contributed by atoms with Crippen molar-refractivity contribution >= 4 is 28.1 Å². The zero-order valence-electron chi connectivity index (χ0n) is 10.1. The maximum Gasteiger partial charge on any atom is 0.150 e. The zero-order valence-corrected chi connectivity index (χ0v) is 11.6. The van der Waals surface area contributed by atoms with E-state index in [2.05, 4.69) is 10.1 Å². The molecular weight excluding hydrogens is 272 g/mol. The molecule has 0 bridgehead atoms. The Labute approximate surface area is 112 Å². The summed E-state index contributed by atoms with van der Waals surface area (Å²) in [4.78, 5) is 4.05. The monoisotopic (exact) mass is 284 g/mol. The summed E-state index contributed by atoms with van der Waals surface area (Å²) in [6.45, 7) is 1.83. The van der Waals surface area contributed by atoms with E-state index in [4.69, 9.17) is 17.3 Å². The van der Waals surface area contributed by atoms with Crippen LogP contribution in [0.25, 0.3) is 0 Å². The lowest BCUT2D eigenvalue weighted by Gasteiger charge is -2.04. The first kappa shape index (κ1) is 13.0. The number of nitrogens with zero attached hydrogens (tertiary/aromatic N) is 3. The molecule has 2 rings (SSSR count). The molecule has 0 aromatic carbocycles. The fraction of sp³-hybridized carbons (Fsp3) is 0.273. The topological polar surface area (TPSA) is 73.8 Å². The number of aromatic nitrogens is 3. The van der Waals surface area contributed by atoms with Gasteiger partial charge in [0, 0.05) is 18.8 Å². The first-order valence-corrected chi connectivity index (χ1v) is 6.97. The van der Waals surface area contributed by atoms with Crippen LogP contribution < -0.4 is 5.73 Å². The Morgan fingerprint density at radius 2 is 2.28 bits per heavy atom. The summed E-state index contributed by atoms with van der Waals surface area (Å²) in [6.07, 6.45) is 1.57. The average molecular weight is 285 g/mol. The van der Waals surface area contributed by atoms with Crippen LogP contribution in [0.15, 0.2) is 23.4 Å². The molecule has 0 amide bonds. The van der Waals surface area contributed by atoms with Crippen molar-refractivity contribution in [2.45, 2.75) is 17.7 Å². The van der Waals surface area contributed by atoms with Crippen molar-refractivity contribution in [3.8, 4) is 0 Å². The molecule has 0 saturated carbocycles. The highest BCUT2D eigenvalue weighted by atomic mass is 35.5. The van der Waals surface area contributed by atoms with E-state index < -0.39 is 10.8 Å². The van der Waals surface area contributed by atoms with Crippen molar-refractivity contribution in [1.29, 1.82) is 0 Å². The normalized spacial score (nSPS) is 12.6. The fourth-order valence-electron chi connectivity index (χ4n) is 1.63. The summed E-state index contributed by atoms with van der Waals surface area (Å²) in [5, 5.41) is 5.06. The predicted molar refractivity (Wildman–Crippen MR) is 71.7 cm³/mol. The van der Waals surface area contributed by atoms with Crippen LogP contribution in [0, 0.1) is 6.92 Å². The summed E-state index contributed by atoms with van der Waals surface area (Å²) < 4.78 is 13.8.